The first-order chi connectivity index (χ1) is 11.4. The molecule has 0 saturated carbocycles. The van der Waals surface area contributed by atoms with Crippen molar-refractivity contribution in [3.05, 3.63) is 17.7 Å². The highest BCUT2D eigenvalue weighted by molar-refractivity contribution is 5.85. The Bertz CT molecular complexity index is 531. The van der Waals surface area contributed by atoms with Gasteiger partial charge in [0.1, 0.15) is 0 Å². The van der Waals surface area contributed by atoms with Gasteiger partial charge in [0.2, 0.25) is 5.75 Å². The van der Waals surface area contributed by atoms with Crippen LogP contribution in [-0.4, -0.2) is 58.6 Å². The van der Waals surface area contributed by atoms with Crippen LogP contribution < -0.4 is 19.5 Å². The monoisotopic (exact) mass is 420 g/mol. The first kappa shape index (κ1) is 24.9. The Labute approximate surface area is 164 Å². The van der Waals surface area contributed by atoms with Crippen molar-refractivity contribution in [1.29, 1.82) is 0 Å². The van der Waals surface area contributed by atoms with E-state index in [-0.39, 0.29) is 24.8 Å². The summed E-state index contributed by atoms with van der Waals surface area (Å²) in [5.74, 6) is 1.08. The van der Waals surface area contributed by atoms with Gasteiger partial charge >= 0.3 is 6.18 Å². The van der Waals surface area contributed by atoms with Gasteiger partial charge in [-0.3, -0.25) is 4.90 Å². The maximum Gasteiger partial charge on any atom is 0.390 e. The number of rotatable bonds is 6. The number of ether oxygens (including phenoxy) is 3. The van der Waals surface area contributed by atoms with Gasteiger partial charge < -0.3 is 19.5 Å². The minimum Gasteiger partial charge on any atom is -0.493 e. The van der Waals surface area contributed by atoms with Crippen molar-refractivity contribution < 1.29 is 27.4 Å². The molecule has 0 spiro atoms. The molecule has 10 heteroatoms. The van der Waals surface area contributed by atoms with Crippen molar-refractivity contribution >= 4 is 24.8 Å². The Kier molecular flexibility index (Phi) is 10.5. The topological polar surface area (TPSA) is 43.0 Å². The smallest absolute Gasteiger partial charge is 0.390 e. The fourth-order valence-corrected chi connectivity index (χ4v) is 2.96. The number of hydrogen-bond acceptors (Lipinski definition) is 5. The van der Waals surface area contributed by atoms with Gasteiger partial charge in [0.05, 0.1) is 27.8 Å². The molecule has 0 amide bonds. The van der Waals surface area contributed by atoms with Gasteiger partial charge in [-0.2, -0.15) is 13.2 Å². The first-order valence-corrected chi connectivity index (χ1v) is 7.71. The lowest BCUT2D eigenvalue weighted by Gasteiger charge is -2.36. The highest BCUT2D eigenvalue weighted by Crippen LogP contribution is 2.43. The van der Waals surface area contributed by atoms with Crippen LogP contribution in [0.2, 0.25) is 0 Å². The van der Waals surface area contributed by atoms with Crippen LogP contribution in [0.25, 0.3) is 0 Å². The predicted octanol–water partition coefficient (Wildman–Crippen LogP) is 3.45. The summed E-state index contributed by atoms with van der Waals surface area (Å²) >= 11 is 0. The van der Waals surface area contributed by atoms with E-state index < -0.39 is 18.6 Å². The van der Waals surface area contributed by atoms with E-state index in [0.717, 1.165) is 0 Å². The third kappa shape index (κ3) is 6.26. The van der Waals surface area contributed by atoms with E-state index in [4.69, 9.17) is 14.2 Å². The van der Waals surface area contributed by atoms with Gasteiger partial charge in [0.15, 0.2) is 11.5 Å². The summed E-state index contributed by atoms with van der Waals surface area (Å²) in [4.78, 5) is 1.84. The second-order valence-corrected chi connectivity index (χ2v) is 5.58. The summed E-state index contributed by atoms with van der Waals surface area (Å²) in [6.45, 7) is 2.44. The van der Waals surface area contributed by atoms with Gasteiger partial charge in [0.25, 0.3) is 0 Å². The SMILES string of the molecule is COc1cc([C@H](CC(F)(F)F)N2CCNCC2)cc(OC)c1OC.Cl.Cl. The molecule has 5 nitrogen and oxygen atoms in total. The van der Waals surface area contributed by atoms with Crippen molar-refractivity contribution in [1.82, 2.24) is 10.2 Å². The van der Waals surface area contributed by atoms with Crippen LogP contribution in [0.3, 0.4) is 0 Å². The Morgan fingerprint density at radius 3 is 1.88 bits per heavy atom. The van der Waals surface area contributed by atoms with Crippen LogP contribution in [0.5, 0.6) is 17.2 Å². The van der Waals surface area contributed by atoms with Gasteiger partial charge in [-0.1, -0.05) is 0 Å². The molecule has 1 atom stereocenters. The summed E-state index contributed by atoms with van der Waals surface area (Å²) in [5.41, 5.74) is 0.503. The number of piperazine rings is 1. The van der Waals surface area contributed by atoms with E-state index in [0.29, 0.717) is 49.0 Å². The minimum absolute atomic E-state index is 0. The molecule has 1 aromatic rings. The van der Waals surface area contributed by atoms with Crippen molar-refractivity contribution in [2.75, 3.05) is 47.5 Å². The number of nitrogens with zero attached hydrogens (tertiary/aromatic N) is 1. The molecule has 1 aromatic carbocycles. The first-order valence-electron chi connectivity index (χ1n) is 7.71. The van der Waals surface area contributed by atoms with Crippen LogP contribution >= 0.6 is 24.8 Å². The molecule has 1 saturated heterocycles. The summed E-state index contributed by atoms with van der Waals surface area (Å²) in [6.07, 6.45) is -5.19. The van der Waals surface area contributed by atoms with Gasteiger partial charge in [-0.15, -0.1) is 24.8 Å². The van der Waals surface area contributed by atoms with E-state index in [9.17, 15) is 13.2 Å². The zero-order valence-corrected chi connectivity index (χ0v) is 16.5. The molecule has 1 aliphatic heterocycles. The third-order valence-electron chi connectivity index (χ3n) is 4.09. The number of nitrogens with one attached hydrogen (secondary N) is 1. The number of alkyl halides is 3. The lowest BCUT2D eigenvalue weighted by atomic mass is 9.99. The average Bonchev–Trinajstić information content (AvgIpc) is 2.58. The summed E-state index contributed by atoms with van der Waals surface area (Å²) < 4.78 is 55.2. The molecular weight excluding hydrogens is 396 g/mol. The van der Waals surface area contributed by atoms with E-state index in [1.165, 1.54) is 21.3 Å². The van der Waals surface area contributed by atoms with Crippen LogP contribution in [0.1, 0.15) is 18.0 Å². The molecule has 1 aliphatic rings. The normalized spacial score (nSPS) is 16.1. The van der Waals surface area contributed by atoms with Gasteiger partial charge in [0, 0.05) is 32.2 Å². The highest BCUT2D eigenvalue weighted by Gasteiger charge is 2.36. The van der Waals surface area contributed by atoms with Crippen LogP contribution in [0, 0.1) is 0 Å². The molecule has 26 heavy (non-hydrogen) atoms. The van der Waals surface area contributed by atoms with Gasteiger partial charge in [-0.25, -0.2) is 0 Å². The third-order valence-corrected chi connectivity index (χ3v) is 4.09. The van der Waals surface area contributed by atoms with E-state index in [1.54, 1.807) is 12.1 Å². The summed E-state index contributed by atoms with van der Waals surface area (Å²) in [5, 5.41) is 3.15. The maximum absolute atomic E-state index is 13.1. The predicted molar refractivity (Wildman–Crippen MR) is 98.4 cm³/mol. The summed E-state index contributed by atoms with van der Waals surface area (Å²) in [7, 11) is 4.36. The molecule has 0 radical (unpaired) electrons. The Morgan fingerprint density at radius 1 is 1.00 bits per heavy atom. The second-order valence-electron chi connectivity index (χ2n) is 5.58. The zero-order valence-electron chi connectivity index (χ0n) is 14.9. The Morgan fingerprint density at radius 2 is 1.50 bits per heavy atom. The lowest BCUT2D eigenvalue weighted by Crippen LogP contribution is -2.46. The number of halogens is 5. The molecule has 0 bridgehead atoms. The molecule has 0 unspecified atom stereocenters. The standard InChI is InChI=1S/C16H23F3N2O3.2ClH/c1-22-13-8-11(9-14(23-2)15(13)24-3)12(10-16(17,18)19)21-6-4-20-5-7-21;;/h8-9,12,20H,4-7,10H2,1-3H3;2*1H/t12-;;/m0../s1. The largest absolute Gasteiger partial charge is 0.493 e. The summed E-state index contributed by atoms with van der Waals surface area (Å²) in [6, 6.07) is 2.40. The van der Waals surface area contributed by atoms with Crippen molar-refractivity contribution in [3.63, 3.8) is 0 Å². The van der Waals surface area contributed by atoms with Crippen LogP contribution in [0.4, 0.5) is 13.2 Å². The molecular formula is C16H25Cl2F3N2O3. The molecule has 1 heterocycles. The highest BCUT2D eigenvalue weighted by atomic mass is 35.5. The molecule has 0 aromatic heterocycles. The molecule has 152 valence electrons. The Balaban J connectivity index is 0.00000312. The van der Waals surface area contributed by atoms with Crippen LogP contribution in [0.15, 0.2) is 12.1 Å². The quantitative estimate of drug-likeness (QED) is 0.763. The van der Waals surface area contributed by atoms with E-state index in [2.05, 4.69) is 5.32 Å². The van der Waals surface area contributed by atoms with Crippen molar-refractivity contribution in [3.8, 4) is 17.2 Å². The van der Waals surface area contributed by atoms with E-state index in [1.807, 2.05) is 4.90 Å². The Hall–Kier alpha value is -1.09. The second kappa shape index (κ2) is 10.9. The maximum atomic E-state index is 13.1. The fraction of sp³-hybridized carbons (Fsp3) is 0.625. The number of benzene rings is 1. The van der Waals surface area contributed by atoms with Gasteiger partial charge in [-0.05, 0) is 17.7 Å². The lowest BCUT2D eigenvalue weighted by molar-refractivity contribution is -0.148. The molecule has 1 N–H and O–H groups in total. The minimum atomic E-state index is -4.27. The molecule has 0 aliphatic carbocycles. The molecule has 2 rings (SSSR count). The van der Waals surface area contributed by atoms with Crippen molar-refractivity contribution in [2.24, 2.45) is 0 Å². The van der Waals surface area contributed by atoms with Crippen LogP contribution in [-0.2, 0) is 0 Å². The average molecular weight is 421 g/mol. The number of methoxy groups -OCH3 is 3. The van der Waals surface area contributed by atoms with Crippen molar-refractivity contribution in [2.45, 2.75) is 18.6 Å². The zero-order chi connectivity index (χ0) is 17.7. The number of hydrogen-bond donors (Lipinski definition) is 1. The van der Waals surface area contributed by atoms with E-state index >= 15 is 0 Å². The fourth-order valence-electron chi connectivity index (χ4n) is 2.96. The molecule has 1 fully saturated rings.